The van der Waals surface area contributed by atoms with E-state index in [9.17, 15) is 13.2 Å². The lowest BCUT2D eigenvalue weighted by molar-refractivity contribution is 0.102. The van der Waals surface area contributed by atoms with E-state index in [0.717, 1.165) is 18.4 Å². The minimum absolute atomic E-state index is 0.181. The molecule has 0 aliphatic heterocycles. The van der Waals surface area contributed by atoms with Gasteiger partial charge in [0, 0.05) is 5.56 Å². The molecular weight excluding hydrogens is 284 g/mol. The summed E-state index contributed by atoms with van der Waals surface area (Å²) in [7, 11) is -3.58. The number of aryl methyl sites for hydroxylation is 1. The fraction of sp³-hybridized carbons (Fsp3) is 0.235. The van der Waals surface area contributed by atoms with Crippen LogP contribution in [0.25, 0.3) is 0 Å². The van der Waals surface area contributed by atoms with Gasteiger partial charge in [-0.05, 0) is 24.1 Å². The van der Waals surface area contributed by atoms with Gasteiger partial charge in [0.2, 0.25) is 0 Å². The molecule has 0 unspecified atom stereocenters. The molecule has 2 rings (SSSR count). The van der Waals surface area contributed by atoms with E-state index in [0.29, 0.717) is 5.56 Å². The van der Waals surface area contributed by atoms with Crippen molar-refractivity contribution in [1.82, 2.24) is 0 Å². The highest BCUT2D eigenvalue weighted by molar-refractivity contribution is 7.92. The van der Waals surface area contributed by atoms with Gasteiger partial charge in [-0.1, -0.05) is 55.8 Å². The maximum absolute atomic E-state index is 12.2. The molecule has 0 radical (unpaired) electrons. The molecule has 0 spiro atoms. The number of hydrogen-bond donors (Lipinski definition) is 0. The monoisotopic (exact) mass is 302 g/mol. The molecule has 4 heteroatoms. The molecular formula is C17H18O3S. The van der Waals surface area contributed by atoms with Crippen LogP contribution >= 0.6 is 0 Å². The first-order valence-electron chi connectivity index (χ1n) is 6.93. The van der Waals surface area contributed by atoms with Gasteiger partial charge in [0.25, 0.3) is 0 Å². The first-order chi connectivity index (χ1) is 10.0. The van der Waals surface area contributed by atoms with E-state index in [-0.39, 0.29) is 10.7 Å². The number of benzene rings is 2. The molecule has 0 aromatic heterocycles. The van der Waals surface area contributed by atoms with Gasteiger partial charge in [0.1, 0.15) is 5.75 Å². The van der Waals surface area contributed by atoms with E-state index in [4.69, 9.17) is 0 Å². The minimum atomic E-state index is -3.58. The quantitative estimate of drug-likeness (QED) is 0.769. The number of sulfone groups is 1. The largest absolute Gasteiger partial charge is 0.293 e. The number of Topliss-reactive ketones (excluding diaryl/α,β-unsaturated/α-hetero) is 1. The summed E-state index contributed by atoms with van der Waals surface area (Å²) < 4.78 is 24.3. The van der Waals surface area contributed by atoms with Crippen molar-refractivity contribution in [3.05, 3.63) is 65.7 Å². The Morgan fingerprint density at radius 1 is 0.952 bits per heavy atom. The predicted octanol–water partition coefficient (Wildman–Crippen LogP) is 3.30. The predicted molar refractivity (Wildman–Crippen MR) is 83.3 cm³/mol. The van der Waals surface area contributed by atoms with Gasteiger partial charge in [-0.2, -0.15) is 0 Å². The van der Waals surface area contributed by atoms with Crippen molar-refractivity contribution < 1.29 is 13.2 Å². The van der Waals surface area contributed by atoms with Crippen molar-refractivity contribution in [1.29, 1.82) is 0 Å². The Balaban J connectivity index is 2.14. The van der Waals surface area contributed by atoms with Crippen LogP contribution in [-0.4, -0.2) is 20.0 Å². The third kappa shape index (κ3) is 4.02. The Morgan fingerprint density at radius 2 is 1.57 bits per heavy atom. The fourth-order valence-electron chi connectivity index (χ4n) is 2.11. The van der Waals surface area contributed by atoms with Crippen molar-refractivity contribution in [3.63, 3.8) is 0 Å². The second-order valence-electron chi connectivity index (χ2n) is 4.94. The van der Waals surface area contributed by atoms with Gasteiger partial charge < -0.3 is 0 Å². The lowest BCUT2D eigenvalue weighted by Gasteiger charge is -2.05. The van der Waals surface area contributed by atoms with E-state index >= 15 is 0 Å². The summed E-state index contributed by atoms with van der Waals surface area (Å²) in [5, 5.41) is 0. The van der Waals surface area contributed by atoms with E-state index in [2.05, 4.69) is 6.92 Å². The zero-order valence-electron chi connectivity index (χ0n) is 12.0. The smallest absolute Gasteiger partial charge is 0.185 e. The summed E-state index contributed by atoms with van der Waals surface area (Å²) in [6.45, 7) is 2.09. The SMILES string of the molecule is CCCc1ccc(C(=O)CS(=O)(=O)c2ccccc2)cc1. The molecule has 0 aliphatic carbocycles. The Labute approximate surface area is 125 Å². The third-order valence-corrected chi connectivity index (χ3v) is 4.87. The Hall–Kier alpha value is -1.94. The maximum atomic E-state index is 12.2. The van der Waals surface area contributed by atoms with Crippen LogP contribution in [0.15, 0.2) is 59.5 Å². The number of ketones is 1. The Morgan fingerprint density at radius 3 is 2.14 bits per heavy atom. The summed E-state index contributed by atoms with van der Waals surface area (Å²) in [4.78, 5) is 12.3. The molecule has 0 amide bonds. The molecule has 110 valence electrons. The van der Waals surface area contributed by atoms with Gasteiger partial charge in [0.15, 0.2) is 15.6 Å². The van der Waals surface area contributed by atoms with Crippen LogP contribution in [0.3, 0.4) is 0 Å². The summed E-state index contributed by atoms with van der Waals surface area (Å²) in [5.74, 6) is -0.869. The normalized spacial score (nSPS) is 11.3. The van der Waals surface area contributed by atoms with Gasteiger partial charge >= 0.3 is 0 Å². The van der Waals surface area contributed by atoms with E-state index in [1.54, 1.807) is 30.3 Å². The molecule has 0 heterocycles. The maximum Gasteiger partial charge on any atom is 0.185 e. The molecule has 3 nitrogen and oxygen atoms in total. The van der Waals surface area contributed by atoms with Crippen molar-refractivity contribution in [3.8, 4) is 0 Å². The Bertz CT molecular complexity index is 701. The van der Waals surface area contributed by atoms with Gasteiger partial charge in [0.05, 0.1) is 4.90 Å². The summed E-state index contributed by atoms with van der Waals surface area (Å²) in [5.41, 5.74) is 1.59. The zero-order valence-corrected chi connectivity index (χ0v) is 12.8. The van der Waals surface area contributed by atoms with E-state index < -0.39 is 15.6 Å². The first kappa shape index (κ1) is 15.4. The summed E-state index contributed by atoms with van der Waals surface area (Å²) in [6.07, 6.45) is 1.99. The molecule has 0 aliphatic rings. The lowest BCUT2D eigenvalue weighted by Crippen LogP contribution is -2.16. The second kappa shape index (κ2) is 6.68. The lowest BCUT2D eigenvalue weighted by atomic mass is 10.1. The fourth-order valence-corrected chi connectivity index (χ4v) is 3.36. The summed E-state index contributed by atoms with van der Waals surface area (Å²) in [6, 6.07) is 15.2. The van der Waals surface area contributed by atoms with Crippen molar-refractivity contribution in [2.45, 2.75) is 24.7 Å². The average molecular weight is 302 g/mol. The zero-order chi connectivity index (χ0) is 15.3. The topological polar surface area (TPSA) is 51.2 Å². The molecule has 21 heavy (non-hydrogen) atoms. The average Bonchev–Trinajstić information content (AvgIpc) is 2.49. The van der Waals surface area contributed by atoms with Crippen LogP contribution in [0, 0.1) is 0 Å². The molecule has 2 aromatic carbocycles. The highest BCUT2D eigenvalue weighted by Crippen LogP contribution is 2.13. The third-order valence-electron chi connectivity index (χ3n) is 3.24. The molecule has 0 atom stereocenters. The molecule has 0 saturated heterocycles. The van der Waals surface area contributed by atoms with Crippen molar-refractivity contribution >= 4 is 15.6 Å². The second-order valence-corrected chi connectivity index (χ2v) is 6.93. The van der Waals surface area contributed by atoms with Crippen LogP contribution in [-0.2, 0) is 16.3 Å². The number of carbonyl (C=O) groups excluding carboxylic acids is 1. The van der Waals surface area contributed by atoms with Crippen LogP contribution < -0.4 is 0 Å². The molecule has 2 aromatic rings. The van der Waals surface area contributed by atoms with Crippen molar-refractivity contribution in [2.75, 3.05) is 5.75 Å². The van der Waals surface area contributed by atoms with E-state index in [1.165, 1.54) is 12.1 Å². The molecule has 0 saturated carbocycles. The van der Waals surface area contributed by atoms with Crippen LogP contribution in [0.1, 0.15) is 29.3 Å². The molecule has 0 bridgehead atoms. The highest BCUT2D eigenvalue weighted by Gasteiger charge is 2.19. The van der Waals surface area contributed by atoms with Crippen LogP contribution in [0.4, 0.5) is 0 Å². The molecule has 0 N–H and O–H groups in total. The summed E-state index contributed by atoms with van der Waals surface area (Å²) >= 11 is 0. The minimum Gasteiger partial charge on any atom is -0.293 e. The first-order valence-corrected chi connectivity index (χ1v) is 8.58. The van der Waals surface area contributed by atoms with E-state index in [1.807, 2.05) is 12.1 Å². The molecule has 0 fully saturated rings. The van der Waals surface area contributed by atoms with Gasteiger partial charge in [-0.25, -0.2) is 8.42 Å². The van der Waals surface area contributed by atoms with Crippen LogP contribution in [0.5, 0.6) is 0 Å². The number of carbonyl (C=O) groups is 1. The highest BCUT2D eigenvalue weighted by atomic mass is 32.2. The number of rotatable bonds is 6. The van der Waals surface area contributed by atoms with Gasteiger partial charge in [-0.3, -0.25) is 4.79 Å². The van der Waals surface area contributed by atoms with Gasteiger partial charge in [-0.15, -0.1) is 0 Å². The van der Waals surface area contributed by atoms with Crippen molar-refractivity contribution in [2.24, 2.45) is 0 Å². The standard InChI is InChI=1S/C17H18O3S/c1-2-6-14-9-11-15(12-10-14)17(18)13-21(19,20)16-7-4-3-5-8-16/h3-5,7-12H,2,6,13H2,1H3. The van der Waals surface area contributed by atoms with Crippen LogP contribution in [0.2, 0.25) is 0 Å². The Kier molecular flexibility index (Phi) is 4.91. The number of hydrogen-bond acceptors (Lipinski definition) is 3.